The summed E-state index contributed by atoms with van der Waals surface area (Å²) < 4.78 is 35.5. The van der Waals surface area contributed by atoms with Gasteiger partial charge in [-0.3, -0.25) is 4.90 Å². The molecular formula is C22H30N2O6S. The van der Waals surface area contributed by atoms with E-state index < -0.39 is 20.6 Å². The highest BCUT2D eigenvalue weighted by Crippen LogP contribution is 2.33. The normalized spacial score (nSPS) is 17.1. The maximum Gasteiger partial charge on any atom is 0.346 e. The number of benzene rings is 1. The third kappa shape index (κ3) is 5.11. The molecule has 31 heavy (non-hydrogen) atoms. The van der Waals surface area contributed by atoms with Crippen LogP contribution in [0.3, 0.4) is 0 Å². The minimum absolute atomic E-state index is 0.0573. The highest BCUT2D eigenvalue weighted by Gasteiger charge is 2.50. The van der Waals surface area contributed by atoms with Gasteiger partial charge in [-0.1, -0.05) is 18.6 Å². The molecule has 0 spiro atoms. The Morgan fingerprint density at radius 2 is 1.84 bits per heavy atom. The van der Waals surface area contributed by atoms with E-state index in [-0.39, 0.29) is 17.1 Å². The summed E-state index contributed by atoms with van der Waals surface area (Å²) in [6, 6.07) is 8.36. The molecule has 1 aromatic heterocycles. The van der Waals surface area contributed by atoms with Gasteiger partial charge in [-0.2, -0.15) is 5.90 Å². The Hall–Kier alpha value is -2.36. The molecule has 0 saturated carbocycles. The molecule has 0 aliphatic carbocycles. The number of sulfone groups is 1. The van der Waals surface area contributed by atoms with E-state index in [1.54, 1.807) is 24.3 Å². The number of carbonyl (C=O) groups excluding carboxylic acids is 1. The van der Waals surface area contributed by atoms with Gasteiger partial charge in [0.25, 0.3) is 0 Å². The van der Waals surface area contributed by atoms with Crippen LogP contribution >= 0.6 is 0 Å². The van der Waals surface area contributed by atoms with Crippen LogP contribution in [-0.4, -0.2) is 50.3 Å². The second-order valence-corrected chi connectivity index (χ2v) is 10.4. The van der Waals surface area contributed by atoms with Crippen LogP contribution < -0.4 is 10.6 Å². The average molecular weight is 451 g/mol. The van der Waals surface area contributed by atoms with Crippen LogP contribution in [0, 0.1) is 6.92 Å². The summed E-state index contributed by atoms with van der Waals surface area (Å²) in [7, 11) is -4.12. The molecule has 0 amide bonds. The molecule has 1 aliphatic heterocycles. The second-order valence-electron chi connectivity index (χ2n) is 8.05. The Morgan fingerprint density at radius 1 is 1.16 bits per heavy atom. The Bertz CT molecular complexity index is 980. The van der Waals surface area contributed by atoms with Gasteiger partial charge in [-0.25, -0.2) is 13.2 Å². The molecule has 3 rings (SSSR count). The Balaban J connectivity index is 1.70. The highest BCUT2D eigenvalue weighted by atomic mass is 32.2. The van der Waals surface area contributed by atoms with Gasteiger partial charge in [0.05, 0.1) is 6.26 Å². The molecule has 2 heterocycles. The van der Waals surface area contributed by atoms with Crippen molar-refractivity contribution in [2.75, 3.05) is 26.2 Å². The van der Waals surface area contributed by atoms with Crippen molar-refractivity contribution < 1.29 is 27.2 Å². The van der Waals surface area contributed by atoms with E-state index >= 15 is 0 Å². The van der Waals surface area contributed by atoms with Crippen molar-refractivity contribution in [3.63, 3.8) is 0 Å². The minimum atomic E-state index is -4.12. The topological polar surface area (TPSA) is 112 Å². The number of furan rings is 1. The number of piperidine rings is 1. The third-order valence-electron chi connectivity index (χ3n) is 5.82. The first kappa shape index (κ1) is 23.3. The van der Waals surface area contributed by atoms with Crippen LogP contribution in [0.15, 0.2) is 45.9 Å². The number of aryl methyl sites for hydroxylation is 1. The minimum Gasteiger partial charge on any atom is -0.492 e. The summed E-state index contributed by atoms with van der Waals surface area (Å²) in [5.41, 5.74) is 0.640. The van der Waals surface area contributed by atoms with Crippen LogP contribution in [0.2, 0.25) is 0 Å². The zero-order valence-corrected chi connectivity index (χ0v) is 18.8. The quantitative estimate of drug-likeness (QED) is 0.580. The lowest BCUT2D eigenvalue weighted by Gasteiger charge is -2.26. The number of rotatable bonds is 9. The SMILES string of the molecule is Cc1occc1S(=O)(=O)C(C)(Cc1ccc(OCCN2CCCCC2)cc1)C(=O)ON. The fraction of sp³-hybridized carbons (Fsp3) is 0.500. The summed E-state index contributed by atoms with van der Waals surface area (Å²) in [5, 5.41) is 0. The van der Waals surface area contributed by atoms with Crippen molar-refractivity contribution >= 4 is 15.8 Å². The number of nitrogens with zero attached hydrogens (tertiary/aromatic N) is 1. The number of hydrogen-bond donors (Lipinski definition) is 1. The monoisotopic (exact) mass is 450 g/mol. The molecule has 8 nitrogen and oxygen atoms in total. The van der Waals surface area contributed by atoms with Gasteiger partial charge in [0, 0.05) is 13.0 Å². The zero-order chi connectivity index (χ0) is 22.5. The van der Waals surface area contributed by atoms with E-state index in [4.69, 9.17) is 15.1 Å². The molecule has 2 N–H and O–H groups in total. The Kier molecular flexibility index (Phi) is 7.40. The Morgan fingerprint density at radius 3 is 2.42 bits per heavy atom. The smallest absolute Gasteiger partial charge is 0.346 e. The van der Waals surface area contributed by atoms with Crippen LogP contribution in [0.5, 0.6) is 5.75 Å². The number of nitrogens with two attached hydrogens (primary N) is 1. The van der Waals surface area contributed by atoms with Gasteiger partial charge in [-0.05, 0) is 63.5 Å². The largest absolute Gasteiger partial charge is 0.492 e. The van der Waals surface area contributed by atoms with E-state index in [1.165, 1.54) is 45.4 Å². The number of carbonyl (C=O) groups is 1. The predicted molar refractivity (Wildman–Crippen MR) is 115 cm³/mol. The van der Waals surface area contributed by atoms with Gasteiger partial charge in [0.2, 0.25) is 0 Å². The summed E-state index contributed by atoms with van der Waals surface area (Å²) in [4.78, 5) is 19.2. The first-order valence-corrected chi connectivity index (χ1v) is 11.9. The first-order valence-electron chi connectivity index (χ1n) is 10.4. The van der Waals surface area contributed by atoms with Crippen molar-refractivity contribution in [1.82, 2.24) is 4.90 Å². The van der Waals surface area contributed by atoms with Crippen molar-refractivity contribution in [2.24, 2.45) is 5.90 Å². The van der Waals surface area contributed by atoms with Gasteiger partial charge in [-0.15, -0.1) is 0 Å². The van der Waals surface area contributed by atoms with Crippen LogP contribution in [0.4, 0.5) is 0 Å². The van der Waals surface area contributed by atoms with E-state index in [1.807, 2.05) is 0 Å². The van der Waals surface area contributed by atoms with Crippen molar-refractivity contribution in [1.29, 1.82) is 0 Å². The lowest BCUT2D eigenvalue weighted by atomic mass is 10.0. The molecule has 1 saturated heterocycles. The van der Waals surface area contributed by atoms with Gasteiger partial charge >= 0.3 is 5.97 Å². The van der Waals surface area contributed by atoms with E-state index in [9.17, 15) is 13.2 Å². The Labute approximate surface area is 183 Å². The van der Waals surface area contributed by atoms with Crippen molar-refractivity contribution in [3.05, 3.63) is 47.9 Å². The maximum atomic E-state index is 13.3. The molecule has 1 aliphatic rings. The molecule has 0 bridgehead atoms. The van der Waals surface area contributed by atoms with E-state index in [0.29, 0.717) is 17.9 Å². The van der Waals surface area contributed by atoms with Crippen molar-refractivity contribution in [3.8, 4) is 5.75 Å². The molecule has 170 valence electrons. The zero-order valence-electron chi connectivity index (χ0n) is 18.0. The molecule has 1 unspecified atom stereocenters. The molecule has 2 aromatic rings. The standard InChI is InChI=1S/C22H30N2O6S/c1-17-20(10-14-28-17)31(26,27)22(2,21(25)30-23)16-18-6-8-19(9-7-18)29-15-13-24-11-4-3-5-12-24/h6-10,14H,3-5,11-13,15-16,23H2,1-2H3. The molecular weight excluding hydrogens is 420 g/mol. The average Bonchev–Trinajstić information content (AvgIpc) is 3.21. The van der Waals surface area contributed by atoms with E-state index in [2.05, 4.69) is 9.74 Å². The maximum absolute atomic E-state index is 13.3. The lowest BCUT2D eigenvalue weighted by Crippen LogP contribution is -2.47. The number of hydrogen-bond acceptors (Lipinski definition) is 8. The summed E-state index contributed by atoms with van der Waals surface area (Å²) in [6.45, 7) is 6.53. The molecule has 1 aromatic carbocycles. The molecule has 1 fully saturated rings. The second kappa shape index (κ2) is 9.84. The molecule has 9 heteroatoms. The van der Waals surface area contributed by atoms with Crippen molar-refractivity contribution in [2.45, 2.75) is 49.2 Å². The highest BCUT2D eigenvalue weighted by molar-refractivity contribution is 7.93. The van der Waals surface area contributed by atoms with Crippen LogP contribution in [0.1, 0.15) is 37.5 Å². The third-order valence-corrected chi connectivity index (χ3v) is 8.32. The fourth-order valence-electron chi connectivity index (χ4n) is 3.86. The first-order chi connectivity index (χ1) is 14.8. The number of ether oxygens (including phenoxy) is 1. The van der Waals surface area contributed by atoms with E-state index in [0.717, 1.165) is 19.6 Å². The summed E-state index contributed by atoms with van der Waals surface area (Å²) in [6.07, 6.45) is 4.93. The lowest BCUT2D eigenvalue weighted by molar-refractivity contribution is -0.146. The van der Waals surface area contributed by atoms with Gasteiger partial charge < -0.3 is 14.0 Å². The molecule has 1 atom stereocenters. The molecule has 0 radical (unpaired) electrons. The summed E-state index contributed by atoms with van der Waals surface area (Å²) in [5.74, 6) is 4.94. The van der Waals surface area contributed by atoms with Crippen LogP contribution in [-0.2, 0) is 25.9 Å². The fourth-order valence-corrected chi connectivity index (χ4v) is 5.64. The van der Waals surface area contributed by atoms with Gasteiger partial charge in [0.15, 0.2) is 14.6 Å². The number of likely N-dealkylation sites (tertiary alicyclic amines) is 1. The summed E-state index contributed by atoms with van der Waals surface area (Å²) >= 11 is 0. The predicted octanol–water partition coefficient (Wildman–Crippen LogP) is 2.64. The van der Waals surface area contributed by atoms with Gasteiger partial charge in [0.1, 0.15) is 23.0 Å². The van der Waals surface area contributed by atoms with Crippen LogP contribution in [0.25, 0.3) is 0 Å².